The van der Waals surface area contributed by atoms with Gasteiger partial charge in [-0.1, -0.05) is 74.7 Å². The van der Waals surface area contributed by atoms with Crippen molar-refractivity contribution in [3.63, 3.8) is 0 Å². The Balaban J connectivity index is 2.19. The maximum Gasteiger partial charge on any atom is 0.311 e. The van der Waals surface area contributed by atoms with Gasteiger partial charge in [0, 0.05) is 34.4 Å². The van der Waals surface area contributed by atoms with Crippen LogP contribution in [0.2, 0.25) is 5.02 Å². The Morgan fingerprint density at radius 2 is 1.28 bits per heavy atom. The average Bonchev–Trinajstić information content (AvgIpc) is 2.73. The SMILES string of the molecule is CCCCC(=O)Oc1c2ccccc2c(OC(=O)CCCC)c2c(Cl)cccc12. The van der Waals surface area contributed by atoms with E-state index in [1.807, 2.05) is 44.2 Å². The van der Waals surface area contributed by atoms with E-state index >= 15 is 0 Å². The van der Waals surface area contributed by atoms with Gasteiger partial charge in [-0.05, 0) is 18.9 Å². The largest absolute Gasteiger partial charge is 0.425 e. The zero-order valence-electron chi connectivity index (χ0n) is 16.8. The van der Waals surface area contributed by atoms with Crippen LogP contribution in [0, 0.1) is 0 Å². The molecule has 0 saturated heterocycles. The van der Waals surface area contributed by atoms with Crippen LogP contribution in [-0.4, -0.2) is 11.9 Å². The highest BCUT2D eigenvalue weighted by atomic mass is 35.5. The van der Waals surface area contributed by atoms with Gasteiger partial charge in [-0.15, -0.1) is 0 Å². The van der Waals surface area contributed by atoms with Gasteiger partial charge in [0.05, 0.1) is 5.02 Å². The maximum atomic E-state index is 12.4. The molecule has 3 aromatic carbocycles. The third-order valence-electron chi connectivity index (χ3n) is 4.80. The monoisotopic (exact) mass is 412 g/mol. The number of rotatable bonds is 8. The fourth-order valence-corrected chi connectivity index (χ4v) is 3.55. The van der Waals surface area contributed by atoms with E-state index < -0.39 is 0 Å². The molecule has 0 spiro atoms. The Labute approximate surface area is 175 Å². The van der Waals surface area contributed by atoms with E-state index in [1.54, 1.807) is 12.1 Å². The van der Waals surface area contributed by atoms with E-state index in [9.17, 15) is 9.59 Å². The van der Waals surface area contributed by atoms with Gasteiger partial charge in [-0.2, -0.15) is 0 Å². The number of esters is 2. The summed E-state index contributed by atoms with van der Waals surface area (Å²) in [5, 5.41) is 3.08. The molecule has 3 aromatic rings. The lowest BCUT2D eigenvalue weighted by atomic mass is 10.0. The molecular formula is C24H25ClO4. The summed E-state index contributed by atoms with van der Waals surface area (Å²) in [5.41, 5.74) is 0. The number of carbonyl (C=O) groups excluding carboxylic acids is 2. The molecule has 0 N–H and O–H groups in total. The van der Waals surface area contributed by atoms with Crippen molar-refractivity contribution in [2.75, 3.05) is 0 Å². The van der Waals surface area contributed by atoms with Gasteiger partial charge in [0.1, 0.15) is 11.5 Å². The van der Waals surface area contributed by atoms with Crippen molar-refractivity contribution in [1.82, 2.24) is 0 Å². The lowest BCUT2D eigenvalue weighted by molar-refractivity contribution is -0.135. The first kappa shape index (κ1) is 21.1. The molecule has 152 valence electrons. The quantitative estimate of drug-likeness (QED) is 0.231. The van der Waals surface area contributed by atoms with Crippen molar-refractivity contribution in [3.05, 3.63) is 47.5 Å². The molecule has 0 aliphatic carbocycles. The van der Waals surface area contributed by atoms with Crippen molar-refractivity contribution in [2.24, 2.45) is 0 Å². The predicted octanol–water partition coefficient (Wildman–Crippen LogP) is 6.84. The van der Waals surface area contributed by atoms with Crippen LogP contribution in [0.15, 0.2) is 42.5 Å². The molecule has 4 nitrogen and oxygen atoms in total. The van der Waals surface area contributed by atoms with Crippen molar-refractivity contribution < 1.29 is 19.1 Å². The molecule has 0 amide bonds. The topological polar surface area (TPSA) is 52.6 Å². The fourth-order valence-electron chi connectivity index (χ4n) is 3.29. The van der Waals surface area contributed by atoms with Crippen molar-refractivity contribution in [3.8, 4) is 11.5 Å². The molecule has 5 heteroatoms. The Morgan fingerprint density at radius 3 is 1.86 bits per heavy atom. The Hall–Kier alpha value is -2.59. The molecule has 0 radical (unpaired) electrons. The van der Waals surface area contributed by atoms with Gasteiger partial charge >= 0.3 is 11.9 Å². The van der Waals surface area contributed by atoms with E-state index in [-0.39, 0.29) is 11.9 Å². The summed E-state index contributed by atoms with van der Waals surface area (Å²) >= 11 is 6.51. The Kier molecular flexibility index (Phi) is 7.10. The highest BCUT2D eigenvalue weighted by molar-refractivity contribution is 6.37. The standard InChI is InChI=1S/C24H25ClO4/c1-3-5-14-20(26)28-23-16-10-7-8-11-17(16)24(29-21(27)15-6-4-2)22-18(23)12-9-13-19(22)25/h7-13H,3-6,14-15H2,1-2H3. The van der Waals surface area contributed by atoms with E-state index in [1.165, 1.54) is 0 Å². The van der Waals surface area contributed by atoms with Crippen LogP contribution in [0.1, 0.15) is 52.4 Å². The first-order valence-corrected chi connectivity index (χ1v) is 10.5. The van der Waals surface area contributed by atoms with Crippen LogP contribution in [0.3, 0.4) is 0 Å². The normalized spacial score (nSPS) is 11.0. The lowest BCUT2D eigenvalue weighted by Crippen LogP contribution is -2.10. The highest BCUT2D eigenvalue weighted by Crippen LogP contribution is 2.45. The lowest BCUT2D eigenvalue weighted by Gasteiger charge is -2.17. The first-order chi connectivity index (χ1) is 14.1. The molecule has 3 rings (SSSR count). The van der Waals surface area contributed by atoms with E-state index in [0.717, 1.165) is 25.7 Å². The van der Waals surface area contributed by atoms with Gasteiger partial charge in [0.15, 0.2) is 0 Å². The molecule has 0 unspecified atom stereocenters. The van der Waals surface area contributed by atoms with Crippen LogP contribution in [0.4, 0.5) is 0 Å². The second kappa shape index (κ2) is 9.75. The van der Waals surface area contributed by atoms with Crippen LogP contribution in [0.5, 0.6) is 11.5 Å². The summed E-state index contributed by atoms with van der Waals surface area (Å²) in [6.07, 6.45) is 4.03. The van der Waals surface area contributed by atoms with Crippen LogP contribution < -0.4 is 9.47 Å². The number of hydrogen-bond donors (Lipinski definition) is 0. The van der Waals surface area contributed by atoms with Crippen molar-refractivity contribution >= 4 is 45.1 Å². The minimum absolute atomic E-state index is 0.286. The molecule has 0 aromatic heterocycles. The highest BCUT2D eigenvalue weighted by Gasteiger charge is 2.21. The fraction of sp³-hybridized carbons (Fsp3) is 0.333. The summed E-state index contributed by atoms with van der Waals surface area (Å²) < 4.78 is 11.6. The van der Waals surface area contributed by atoms with Crippen molar-refractivity contribution in [1.29, 1.82) is 0 Å². The second-order valence-electron chi connectivity index (χ2n) is 7.02. The number of unbranched alkanes of at least 4 members (excludes halogenated alkanes) is 2. The predicted molar refractivity (Wildman–Crippen MR) is 117 cm³/mol. The van der Waals surface area contributed by atoms with Gasteiger partial charge in [-0.25, -0.2) is 0 Å². The van der Waals surface area contributed by atoms with Crippen LogP contribution in [0.25, 0.3) is 21.5 Å². The summed E-state index contributed by atoms with van der Waals surface area (Å²) in [4.78, 5) is 24.8. The molecule has 0 fully saturated rings. The molecular weight excluding hydrogens is 388 g/mol. The third-order valence-corrected chi connectivity index (χ3v) is 5.12. The summed E-state index contributed by atoms with van der Waals surface area (Å²) in [7, 11) is 0. The minimum atomic E-state index is -0.300. The van der Waals surface area contributed by atoms with Crippen molar-refractivity contribution in [2.45, 2.75) is 52.4 Å². The van der Waals surface area contributed by atoms with E-state index in [2.05, 4.69) is 0 Å². The number of ether oxygens (including phenoxy) is 2. The summed E-state index contributed by atoms with van der Waals surface area (Å²) in [6.45, 7) is 4.05. The second-order valence-corrected chi connectivity index (χ2v) is 7.43. The molecule has 0 atom stereocenters. The zero-order valence-corrected chi connectivity index (χ0v) is 17.6. The number of benzene rings is 3. The van der Waals surface area contributed by atoms with Gasteiger partial charge in [0.2, 0.25) is 0 Å². The average molecular weight is 413 g/mol. The number of hydrogen-bond acceptors (Lipinski definition) is 4. The molecule has 0 saturated carbocycles. The van der Waals surface area contributed by atoms with Gasteiger partial charge < -0.3 is 9.47 Å². The molecule has 0 bridgehead atoms. The molecule has 0 aliphatic heterocycles. The molecule has 29 heavy (non-hydrogen) atoms. The zero-order chi connectivity index (χ0) is 20.8. The Morgan fingerprint density at radius 1 is 0.759 bits per heavy atom. The Bertz CT molecular complexity index is 1040. The smallest absolute Gasteiger partial charge is 0.311 e. The van der Waals surface area contributed by atoms with Crippen LogP contribution >= 0.6 is 11.6 Å². The van der Waals surface area contributed by atoms with Crippen LogP contribution in [-0.2, 0) is 9.59 Å². The summed E-state index contributed by atoms with van der Waals surface area (Å²) in [5.74, 6) is 0.278. The van der Waals surface area contributed by atoms with Gasteiger partial charge in [-0.3, -0.25) is 9.59 Å². The number of halogens is 1. The van der Waals surface area contributed by atoms with E-state index in [0.29, 0.717) is 50.9 Å². The van der Waals surface area contributed by atoms with E-state index in [4.69, 9.17) is 21.1 Å². The molecule has 0 heterocycles. The minimum Gasteiger partial charge on any atom is -0.425 e. The molecule has 0 aliphatic rings. The third kappa shape index (κ3) is 4.70. The maximum absolute atomic E-state index is 12.4. The number of fused-ring (bicyclic) bond motifs is 2. The number of carbonyl (C=O) groups is 2. The first-order valence-electron chi connectivity index (χ1n) is 10.1. The van der Waals surface area contributed by atoms with Gasteiger partial charge in [0.25, 0.3) is 0 Å². The summed E-state index contributed by atoms with van der Waals surface area (Å²) in [6, 6.07) is 12.8.